The first-order chi connectivity index (χ1) is 16.1. The largest absolute Gasteiger partial charge is 0.383 e. The number of hydrogen-bond acceptors (Lipinski definition) is 7. The molecule has 34 heavy (non-hydrogen) atoms. The van der Waals surface area contributed by atoms with Gasteiger partial charge in [0.15, 0.2) is 0 Å². The van der Waals surface area contributed by atoms with Crippen LogP contribution in [0.15, 0.2) is 0 Å². The van der Waals surface area contributed by atoms with Gasteiger partial charge in [0.25, 0.3) is 0 Å². The van der Waals surface area contributed by atoms with E-state index in [0.29, 0.717) is 34.0 Å². The van der Waals surface area contributed by atoms with Crippen LogP contribution in [-0.2, 0) is 11.2 Å². The Bertz CT molecular complexity index is 1270. The fourth-order valence-corrected chi connectivity index (χ4v) is 7.78. The third-order valence-electron chi connectivity index (χ3n) is 8.57. The summed E-state index contributed by atoms with van der Waals surface area (Å²) in [6.45, 7) is 7.85. The lowest BCUT2D eigenvalue weighted by molar-refractivity contribution is -0.117. The molecule has 178 valence electrons. The van der Waals surface area contributed by atoms with E-state index >= 15 is 0 Å². The van der Waals surface area contributed by atoms with E-state index in [0.717, 1.165) is 57.1 Å². The minimum Gasteiger partial charge on any atom is -0.383 e. The second kappa shape index (κ2) is 6.97. The fourth-order valence-electron chi connectivity index (χ4n) is 7.78. The van der Waals surface area contributed by atoms with Crippen LogP contribution >= 0.6 is 0 Å². The van der Waals surface area contributed by atoms with Crippen LogP contribution in [0.2, 0.25) is 0 Å². The molecule has 2 aliphatic carbocycles. The number of nitriles is 1. The molecule has 4 aliphatic rings. The van der Waals surface area contributed by atoms with Gasteiger partial charge in [-0.25, -0.2) is 9.97 Å². The number of pyridine rings is 2. The Morgan fingerprint density at radius 2 is 1.68 bits per heavy atom. The number of hydrogen-bond donors (Lipinski definition) is 2. The van der Waals surface area contributed by atoms with Crippen LogP contribution in [0.5, 0.6) is 0 Å². The van der Waals surface area contributed by atoms with Crippen molar-refractivity contribution in [1.29, 1.82) is 5.26 Å². The smallest absolute Gasteiger partial charge is 0.233 e. The van der Waals surface area contributed by atoms with Crippen molar-refractivity contribution in [2.45, 2.75) is 84.2 Å². The van der Waals surface area contributed by atoms with Gasteiger partial charge in [-0.05, 0) is 42.9 Å². The van der Waals surface area contributed by atoms with E-state index in [4.69, 9.17) is 16.5 Å². The van der Waals surface area contributed by atoms with Crippen LogP contribution in [0.1, 0.15) is 76.8 Å². The highest BCUT2D eigenvalue weighted by molar-refractivity contribution is 6.13. The summed E-state index contributed by atoms with van der Waals surface area (Å²) in [6.07, 6.45) is 7.69. The van der Waals surface area contributed by atoms with E-state index in [2.05, 4.69) is 36.7 Å². The molecule has 0 radical (unpaired) electrons. The third-order valence-corrected chi connectivity index (χ3v) is 8.57. The lowest BCUT2D eigenvalue weighted by Gasteiger charge is -2.39. The predicted molar refractivity (Wildman–Crippen MR) is 133 cm³/mol. The minimum absolute atomic E-state index is 0.0356. The summed E-state index contributed by atoms with van der Waals surface area (Å²) in [7, 11) is 0. The summed E-state index contributed by atoms with van der Waals surface area (Å²) in [6, 6.07) is 2.91. The molecule has 0 aromatic carbocycles. The van der Waals surface area contributed by atoms with Gasteiger partial charge in [0.1, 0.15) is 34.9 Å². The maximum absolute atomic E-state index is 13.2. The molecule has 2 bridgehead atoms. The number of aromatic nitrogens is 2. The monoisotopic (exact) mass is 459 g/mol. The Morgan fingerprint density at radius 3 is 2.35 bits per heavy atom. The van der Waals surface area contributed by atoms with Crippen molar-refractivity contribution in [2.24, 2.45) is 10.8 Å². The Labute approximate surface area is 200 Å². The van der Waals surface area contributed by atoms with Crippen LogP contribution in [0.3, 0.4) is 0 Å². The topological polar surface area (TPSA) is 125 Å². The predicted octanol–water partition coefficient (Wildman–Crippen LogP) is 3.90. The molecule has 2 aliphatic heterocycles. The molecule has 2 saturated carbocycles. The molecule has 2 aromatic heterocycles. The number of nitrogen functional groups attached to an aromatic ring is 2. The summed E-state index contributed by atoms with van der Waals surface area (Å²) < 4.78 is 0. The third kappa shape index (κ3) is 2.98. The molecule has 0 spiro atoms. The molecule has 4 heterocycles. The molecular weight excluding hydrogens is 426 g/mol. The zero-order chi connectivity index (χ0) is 24.0. The van der Waals surface area contributed by atoms with Gasteiger partial charge >= 0.3 is 0 Å². The number of anilines is 4. The van der Waals surface area contributed by atoms with E-state index in [1.54, 1.807) is 0 Å². The zero-order valence-electron chi connectivity index (χ0n) is 20.3. The van der Waals surface area contributed by atoms with Gasteiger partial charge in [-0.15, -0.1) is 0 Å². The van der Waals surface area contributed by atoms with E-state index in [-0.39, 0.29) is 40.8 Å². The molecule has 1 amide bonds. The highest BCUT2D eigenvalue weighted by Crippen LogP contribution is 2.54. The van der Waals surface area contributed by atoms with Crippen molar-refractivity contribution in [3.63, 3.8) is 0 Å². The van der Waals surface area contributed by atoms with E-state index in [1.807, 2.05) is 4.90 Å². The van der Waals surface area contributed by atoms with Crippen molar-refractivity contribution >= 4 is 40.0 Å². The highest BCUT2D eigenvalue weighted by atomic mass is 16.2. The van der Waals surface area contributed by atoms with Crippen LogP contribution in [0.4, 0.5) is 23.3 Å². The average molecular weight is 460 g/mol. The summed E-state index contributed by atoms with van der Waals surface area (Å²) >= 11 is 0. The van der Waals surface area contributed by atoms with Gasteiger partial charge in [0.05, 0.1) is 11.8 Å². The maximum Gasteiger partial charge on any atom is 0.233 e. The van der Waals surface area contributed by atoms with Gasteiger partial charge in [-0.1, -0.05) is 33.6 Å². The van der Waals surface area contributed by atoms with Crippen molar-refractivity contribution in [1.82, 2.24) is 9.97 Å². The molecule has 3 fully saturated rings. The van der Waals surface area contributed by atoms with E-state index in [1.165, 1.54) is 0 Å². The average Bonchev–Trinajstić information content (AvgIpc) is 3.42. The standard InChI is InChI=1S/C26H33N7O/c1-25(2)9-15-10-26(3,12-25)13-32(15)23-17(11-27)19-16-8-18(34)33(14-6-4-5-7-14)24(16)31-22(29)20(19)21(28)30-23/h14-15H,4-10,12-13H2,1-3H3,(H2,28,30)(H2,29,31)/t15-,26-/m0/s1. The van der Waals surface area contributed by atoms with Gasteiger partial charge < -0.3 is 16.4 Å². The van der Waals surface area contributed by atoms with Gasteiger partial charge in [-0.3, -0.25) is 9.69 Å². The first kappa shape index (κ1) is 21.5. The lowest BCUT2D eigenvalue weighted by Crippen LogP contribution is -2.36. The van der Waals surface area contributed by atoms with Gasteiger partial charge in [0.2, 0.25) is 5.91 Å². The molecule has 2 atom stereocenters. The summed E-state index contributed by atoms with van der Waals surface area (Å²) in [5, 5.41) is 11.6. The Balaban J connectivity index is 1.56. The number of nitrogens with two attached hydrogens (primary N) is 2. The minimum atomic E-state index is 0.0356. The normalized spacial score (nSPS) is 28.1. The first-order valence-corrected chi connectivity index (χ1v) is 12.5. The molecule has 4 N–H and O–H groups in total. The van der Waals surface area contributed by atoms with E-state index < -0.39 is 0 Å². The number of carbonyl (C=O) groups excluding carboxylic acids is 1. The summed E-state index contributed by atoms with van der Waals surface area (Å²) in [5.41, 5.74) is 14.6. The Kier molecular flexibility index (Phi) is 4.40. The van der Waals surface area contributed by atoms with Gasteiger partial charge in [0, 0.05) is 29.6 Å². The number of carbonyl (C=O) groups is 1. The fraction of sp³-hybridized carbons (Fsp3) is 0.615. The number of fused-ring (bicyclic) bond motifs is 5. The van der Waals surface area contributed by atoms with Crippen molar-refractivity contribution < 1.29 is 4.79 Å². The highest BCUT2D eigenvalue weighted by Gasteiger charge is 2.51. The SMILES string of the molecule is CC1(C)C[C@H]2C[C@](C)(CN2c2nc(N)c3c(N)nc4c(c3c2C#N)CC(=O)N4C2CCCC2)C1. The Morgan fingerprint density at radius 1 is 1.00 bits per heavy atom. The van der Waals surface area contributed by atoms with E-state index in [9.17, 15) is 10.1 Å². The van der Waals surface area contributed by atoms with Gasteiger partial charge in [-0.2, -0.15) is 5.26 Å². The molecule has 8 heteroatoms. The molecule has 8 nitrogen and oxygen atoms in total. The molecular formula is C26H33N7O. The van der Waals surface area contributed by atoms with Crippen molar-refractivity contribution in [2.75, 3.05) is 27.8 Å². The van der Waals surface area contributed by atoms with Crippen LogP contribution < -0.4 is 21.3 Å². The second-order valence-corrected chi connectivity index (χ2v) is 12.1. The quantitative estimate of drug-likeness (QED) is 0.697. The molecule has 6 rings (SSSR count). The summed E-state index contributed by atoms with van der Waals surface area (Å²) in [4.78, 5) is 26.7. The van der Waals surface area contributed by atoms with Crippen LogP contribution in [0, 0.1) is 22.2 Å². The summed E-state index contributed by atoms with van der Waals surface area (Å²) in [5.74, 6) is 1.82. The molecule has 1 saturated heterocycles. The van der Waals surface area contributed by atoms with Crippen molar-refractivity contribution in [3.05, 3.63) is 11.1 Å². The zero-order valence-corrected chi connectivity index (χ0v) is 20.3. The number of rotatable bonds is 2. The molecule has 0 unspecified atom stereocenters. The number of amides is 1. The maximum atomic E-state index is 13.2. The second-order valence-electron chi connectivity index (χ2n) is 12.1. The number of nitrogens with zero attached hydrogens (tertiary/aromatic N) is 5. The Hall–Kier alpha value is -3.08. The first-order valence-electron chi connectivity index (χ1n) is 12.5. The van der Waals surface area contributed by atoms with Crippen molar-refractivity contribution in [3.8, 4) is 6.07 Å². The lowest BCUT2D eigenvalue weighted by atomic mass is 9.65. The van der Waals surface area contributed by atoms with Crippen LogP contribution in [0.25, 0.3) is 10.8 Å². The van der Waals surface area contributed by atoms with Crippen LogP contribution in [-0.4, -0.2) is 34.5 Å². The molecule has 2 aromatic rings.